The third-order valence-corrected chi connectivity index (χ3v) is 5.49. The van der Waals surface area contributed by atoms with Crippen LogP contribution in [0.4, 0.5) is 5.69 Å². The SMILES string of the molecule is O=c1cc(Oc2cccc(NCc3ccc(-c4cccc(CO)n4)cc3)c2)c2ccccc2[nH]1. The summed E-state index contributed by atoms with van der Waals surface area (Å²) in [5, 5.41) is 13.6. The molecule has 34 heavy (non-hydrogen) atoms. The molecule has 0 aliphatic heterocycles. The summed E-state index contributed by atoms with van der Waals surface area (Å²) in [4.78, 5) is 19.3. The van der Waals surface area contributed by atoms with Crippen molar-refractivity contribution in [2.45, 2.75) is 13.2 Å². The van der Waals surface area contributed by atoms with E-state index in [1.807, 2.05) is 72.8 Å². The number of aliphatic hydroxyl groups is 1. The van der Waals surface area contributed by atoms with E-state index in [0.717, 1.165) is 33.4 Å². The van der Waals surface area contributed by atoms with Crippen LogP contribution >= 0.6 is 0 Å². The number of H-pyrrole nitrogens is 1. The number of aromatic amines is 1. The van der Waals surface area contributed by atoms with Crippen molar-refractivity contribution in [3.8, 4) is 22.8 Å². The fourth-order valence-electron chi connectivity index (χ4n) is 3.78. The number of anilines is 1. The van der Waals surface area contributed by atoms with Crippen molar-refractivity contribution in [1.29, 1.82) is 0 Å². The molecule has 0 aliphatic carbocycles. The fourth-order valence-corrected chi connectivity index (χ4v) is 3.78. The topological polar surface area (TPSA) is 87.2 Å². The lowest BCUT2D eigenvalue weighted by Crippen LogP contribution is -2.04. The maximum atomic E-state index is 12.0. The molecule has 0 atom stereocenters. The summed E-state index contributed by atoms with van der Waals surface area (Å²) < 4.78 is 6.06. The minimum absolute atomic E-state index is 0.0738. The number of hydrogen-bond donors (Lipinski definition) is 3. The normalized spacial score (nSPS) is 10.9. The molecule has 0 saturated heterocycles. The van der Waals surface area contributed by atoms with Gasteiger partial charge in [0.15, 0.2) is 0 Å². The molecule has 3 aromatic carbocycles. The van der Waals surface area contributed by atoms with Crippen LogP contribution in [0.5, 0.6) is 11.5 Å². The lowest BCUT2D eigenvalue weighted by molar-refractivity contribution is 0.277. The van der Waals surface area contributed by atoms with Crippen molar-refractivity contribution < 1.29 is 9.84 Å². The summed E-state index contributed by atoms with van der Waals surface area (Å²) in [7, 11) is 0. The maximum absolute atomic E-state index is 12.0. The minimum atomic E-state index is -0.204. The Hall–Kier alpha value is -4.42. The molecule has 6 nitrogen and oxygen atoms in total. The van der Waals surface area contributed by atoms with E-state index in [1.54, 1.807) is 6.07 Å². The summed E-state index contributed by atoms with van der Waals surface area (Å²) in [5.74, 6) is 1.16. The van der Waals surface area contributed by atoms with E-state index in [9.17, 15) is 9.90 Å². The van der Waals surface area contributed by atoms with Gasteiger partial charge < -0.3 is 20.1 Å². The summed E-state index contributed by atoms with van der Waals surface area (Å²) in [5.41, 5.74) is 5.05. The quantitative estimate of drug-likeness (QED) is 0.306. The van der Waals surface area contributed by atoms with E-state index in [2.05, 4.69) is 27.4 Å². The molecule has 168 valence electrons. The number of nitrogens with zero attached hydrogens (tertiary/aromatic N) is 1. The Labute approximate surface area is 196 Å². The lowest BCUT2D eigenvalue weighted by atomic mass is 10.1. The lowest BCUT2D eigenvalue weighted by Gasteiger charge is -2.11. The van der Waals surface area contributed by atoms with Crippen LogP contribution in [0, 0.1) is 0 Å². The van der Waals surface area contributed by atoms with Crippen LogP contribution in [0.25, 0.3) is 22.2 Å². The molecule has 0 amide bonds. The Kier molecular flexibility index (Phi) is 6.05. The largest absolute Gasteiger partial charge is 0.456 e. The first-order valence-electron chi connectivity index (χ1n) is 11.0. The molecule has 2 aromatic heterocycles. The molecule has 5 rings (SSSR count). The number of aromatic nitrogens is 2. The number of aliphatic hydroxyl groups excluding tert-OH is 1. The van der Waals surface area contributed by atoms with Crippen LogP contribution in [0.1, 0.15) is 11.3 Å². The van der Waals surface area contributed by atoms with E-state index >= 15 is 0 Å². The summed E-state index contributed by atoms with van der Waals surface area (Å²) in [6, 6.07) is 30.5. The Morgan fingerprint density at radius 1 is 0.882 bits per heavy atom. The van der Waals surface area contributed by atoms with E-state index < -0.39 is 0 Å². The standard InChI is InChI=1S/C28H23N3O3/c32-18-22-6-4-10-25(30-22)20-13-11-19(12-14-20)17-29-21-5-3-7-23(15-21)34-27-16-28(33)31-26-9-2-1-8-24(26)27/h1-16,29,32H,17-18H2,(H,31,33). The zero-order valence-corrected chi connectivity index (χ0v) is 18.4. The Morgan fingerprint density at radius 3 is 2.56 bits per heavy atom. The Balaban J connectivity index is 1.28. The predicted molar refractivity (Wildman–Crippen MR) is 134 cm³/mol. The smallest absolute Gasteiger partial charge is 0.252 e. The molecule has 5 aromatic rings. The van der Waals surface area contributed by atoms with Crippen LogP contribution in [0.3, 0.4) is 0 Å². The van der Waals surface area contributed by atoms with Gasteiger partial charge in [0.2, 0.25) is 0 Å². The Bertz CT molecular complexity index is 1490. The molecular formula is C28H23N3O3. The Morgan fingerprint density at radius 2 is 1.71 bits per heavy atom. The van der Waals surface area contributed by atoms with Gasteiger partial charge in [0.25, 0.3) is 5.56 Å². The second-order valence-corrected chi connectivity index (χ2v) is 7.90. The van der Waals surface area contributed by atoms with Crippen molar-refractivity contribution in [2.24, 2.45) is 0 Å². The highest BCUT2D eigenvalue weighted by Gasteiger charge is 2.07. The van der Waals surface area contributed by atoms with Gasteiger partial charge in [-0.2, -0.15) is 0 Å². The predicted octanol–water partition coefficient (Wildman–Crippen LogP) is 5.49. The molecule has 6 heteroatoms. The molecule has 0 bridgehead atoms. The van der Waals surface area contributed by atoms with E-state index in [1.165, 1.54) is 6.07 Å². The van der Waals surface area contributed by atoms with Gasteiger partial charge in [-0.15, -0.1) is 0 Å². The van der Waals surface area contributed by atoms with Gasteiger partial charge in [0, 0.05) is 35.3 Å². The molecule has 0 saturated carbocycles. The monoisotopic (exact) mass is 449 g/mol. The summed E-state index contributed by atoms with van der Waals surface area (Å²) in [6.45, 7) is 0.567. The van der Waals surface area contributed by atoms with Gasteiger partial charge in [-0.1, -0.05) is 48.5 Å². The number of pyridine rings is 2. The van der Waals surface area contributed by atoms with Gasteiger partial charge >= 0.3 is 0 Å². The number of ether oxygens (including phenoxy) is 1. The molecule has 0 unspecified atom stereocenters. The van der Waals surface area contributed by atoms with E-state index in [-0.39, 0.29) is 12.2 Å². The van der Waals surface area contributed by atoms with Gasteiger partial charge in [-0.3, -0.25) is 9.78 Å². The molecular weight excluding hydrogens is 426 g/mol. The van der Waals surface area contributed by atoms with Crippen molar-refractivity contribution in [2.75, 3.05) is 5.32 Å². The first-order valence-corrected chi connectivity index (χ1v) is 11.0. The van der Waals surface area contributed by atoms with E-state index in [0.29, 0.717) is 23.7 Å². The number of fused-ring (bicyclic) bond motifs is 1. The van der Waals surface area contributed by atoms with Crippen LogP contribution in [-0.4, -0.2) is 15.1 Å². The third kappa shape index (κ3) is 4.82. The molecule has 0 fully saturated rings. The average molecular weight is 450 g/mol. The second kappa shape index (κ2) is 9.60. The van der Waals surface area contributed by atoms with Crippen LogP contribution in [0.2, 0.25) is 0 Å². The molecule has 0 spiro atoms. The number of nitrogens with one attached hydrogen (secondary N) is 2. The molecule has 0 aliphatic rings. The maximum Gasteiger partial charge on any atom is 0.252 e. The fraction of sp³-hybridized carbons (Fsp3) is 0.0714. The molecule has 2 heterocycles. The zero-order chi connectivity index (χ0) is 23.3. The zero-order valence-electron chi connectivity index (χ0n) is 18.4. The highest BCUT2D eigenvalue weighted by Crippen LogP contribution is 2.29. The summed E-state index contributed by atoms with van der Waals surface area (Å²) >= 11 is 0. The minimum Gasteiger partial charge on any atom is -0.456 e. The second-order valence-electron chi connectivity index (χ2n) is 7.90. The molecule has 0 radical (unpaired) electrons. The van der Waals surface area contributed by atoms with Gasteiger partial charge in [-0.05, 0) is 42.0 Å². The number of para-hydroxylation sites is 1. The van der Waals surface area contributed by atoms with Crippen LogP contribution in [0.15, 0.2) is 102 Å². The van der Waals surface area contributed by atoms with Gasteiger partial charge in [0.1, 0.15) is 11.5 Å². The van der Waals surface area contributed by atoms with Crippen LogP contribution < -0.4 is 15.6 Å². The van der Waals surface area contributed by atoms with Crippen molar-refractivity contribution in [1.82, 2.24) is 9.97 Å². The van der Waals surface area contributed by atoms with E-state index in [4.69, 9.17) is 4.74 Å². The number of rotatable bonds is 7. The molecule has 3 N–H and O–H groups in total. The highest BCUT2D eigenvalue weighted by molar-refractivity contribution is 5.84. The van der Waals surface area contributed by atoms with Crippen LogP contribution in [-0.2, 0) is 13.2 Å². The summed E-state index contributed by atoms with van der Waals surface area (Å²) in [6.07, 6.45) is 0. The van der Waals surface area contributed by atoms with Crippen molar-refractivity contribution in [3.05, 3.63) is 119 Å². The van der Waals surface area contributed by atoms with Gasteiger partial charge in [-0.25, -0.2) is 0 Å². The van der Waals surface area contributed by atoms with Gasteiger partial charge in [0.05, 0.1) is 23.5 Å². The first-order chi connectivity index (χ1) is 16.7. The third-order valence-electron chi connectivity index (χ3n) is 5.49. The first kappa shape index (κ1) is 21.4. The van der Waals surface area contributed by atoms with Crippen molar-refractivity contribution >= 4 is 16.6 Å². The number of benzene rings is 3. The number of hydrogen-bond acceptors (Lipinski definition) is 5. The van der Waals surface area contributed by atoms with Crippen molar-refractivity contribution in [3.63, 3.8) is 0 Å². The highest BCUT2D eigenvalue weighted by atomic mass is 16.5. The average Bonchev–Trinajstić information content (AvgIpc) is 2.88.